The number of morpholine rings is 1. The van der Waals surface area contributed by atoms with E-state index in [1.807, 2.05) is 6.07 Å². The van der Waals surface area contributed by atoms with E-state index in [2.05, 4.69) is 15.2 Å². The third kappa shape index (κ3) is 4.94. The van der Waals surface area contributed by atoms with Crippen LogP contribution < -0.4 is 11.1 Å². The van der Waals surface area contributed by atoms with Crippen molar-refractivity contribution in [3.8, 4) is 0 Å². The first-order valence-corrected chi connectivity index (χ1v) is 8.36. The molecule has 3 N–H and O–H groups in total. The van der Waals surface area contributed by atoms with Crippen LogP contribution in [0, 0.1) is 0 Å². The molecule has 142 valence electrons. The number of carbonyl (C=O) groups is 2. The highest BCUT2D eigenvalue weighted by atomic mass is 35.5. The maximum Gasteiger partial charge on any atom is 0.323 e. The van der Waals surface area contributed by atoms with Gasteiger partial charge in [-0.3, -0.25) is 15.0 Å². The number of ether oxygens (including phenoxy) is 1. The summed E-state index contributed by atoms with van der Waals surface area (Å²) in [7, 11) is 0. The van der Waals surface area contributed by atoms with E-state index in [1.165, 1.54) is 0 Å². The lowest BCUT2D eigenvalue weighted by atomic mass is 10.1. The largest absolute Gasteiger partial charge is 0.379 e. The lowest BCUT2D eigenvalue weighted by Gasteiger charge is -2.32. The van der Waals surface area contributed by atoms with Crippen molar-refractivity contribution >= 4 is 36.2 Å². The summed E-state index contributed by atoms with van der Waals surface area (Å²) in [4.78, 5) is 31.8. The number of amides is 3. The Bertz CT molecular complexity index is 704. The number of aromatic nitrogens is 1. The lowest BCUT2D eigenvalue weighted by molar-refractivity contribution is -0.114. The molecule has 1 fully saturated rings. The van der Waals surface area contributed by atoms with Crippen molar-refractivity contribution in [1.82, 2.24) is 14.8 Å². The molecule has 0 radical (unpaired) electrons. The van der Waals surface area contributed by atoms with Gasteiger partial charge < -0.3 is 15.4 Å². The summed E-state index contributed by atoms with van der Waals surface area (Å²) in [6.07, 6.45) is 3.32. The average Bonchev–Trinajstić information content (AvgIpc) is 2.61. The Kier molecular flexibility index (Phi) is 6.96. The van der Waals surface area contributed by atoms with Crippen molar-refractivity contribution in [1.29, 1.82) is 0 Å². The van der Waals surface area contributed by atoms with Crippen LogP contribution in [0.5, 0.6) is 0 Å². The minimum Gasteiger partial charge on any atom is -0.379 e. The summed E-state index contributed by atoms with van der Waals surface area (Å²) in [5.74, 6) is 0.111. The van der Waals surface area contributed by atoms with Gasteiger partial charge in [0.1, 0.15) is 5.82 Å². The Balaban J connectivity index is 0.00000243. The van der Waals surface area contributed by atoms with Gasteiger partial charge in [0.15, 0.2) is 0 Å². The summed E-state index contributed by atoms with van der Waals surface area (Å²) in [5.41, 5.74) is 7.44. The molecule has 0 saturated carbocycles. The molecule has 0 bridgehead atoms. The zero-order valence-electron chi connectivity index (χ0n) is 14.7. The normalized spacial score (nSPS) is 18.0. The SMILES string of the molecule is CC(=Cc1cnc2c(c1)CN(CCN1CCOCC1)C(=O)N2)C(N)=O.Cl. The van der Waals surface area contributed by atoms with Crippen molar-refractivity contribution in [2.24, 2.45) is 5.73 Å². The van der Waals surface area contributed by atoms with Crippen LogP contribution in [0.2, 0.25) is 0 Å². The van der Waals surface area contributed by atoms with Gasteiger partial charge in [0.2, 0.25) is 5.91 Å². The van der Waals surface area contributed by atoms with Gasteiger partial charge in [0.25, 0.3) is 0 Å². The predicted molar refractivity (Wildman–Crippen MR) is 101 cm³/mol. The Labute approximate surface area is 158 Å². The van der Waals surface area contributed by atoms with Crippen molar-refractivity contribution in [2.75, 3.05) is 44.7 Å². The maximum atomic E-state index is 12.2. The van der Waals surface area contributed by atoms with Crippen LogP contribution in [0.4, 0.5) is 10.6 Å². The topological polar surface area (TPSA) is 101 Å². The van der Waals surface area contributed by atoms with Gasteiger partial charge in [-0.05, 0) is 24.6 Å². The van der Waals surface area contributed by atoms with Gasteiger partial charge in [-0.15, -0.1) is 12.4 Å². The van der Waals surface area contributed by atoms with Crippen LogP contribution in [0.3, 0.4) is 0 Å². The van der Waals surface area contributed by atoms with Gasteiger partial charge in [0.05, 0.1) is 19.8 Å². The third-order valence-corrected chi connectivity index (χ3v) is 4.42. The van der Waals surface area contributed by atoms with Crippen LogP contribution >= 0.6 is 12.4 Å². The number of rotatable bonds is 5. The second-order valence-electron chi connectivity index (χ2n) is 6.27. The van der Waals surface area contributed by atoms with Gasteiger partial charge in [0, 0.05) is 43.5 Å². The molecule has 1 aromatic heterocycles. The van der Waals surface area contributed by atoms with Crippen molar-refractivity contribution in [3.05, 3.63) is 29.0 Å². The Hall–Kier alpha value is -2.16. The molecule has 26 heavy (non-hydrogen) atoms. The van der Waals surface area contributed by atoms with Gasteiger partial charge in [-0.2, -0.15) is 0 Å². The molecule has 0 aromatic carbocycles. The average molecular weight is 382 g/mol. The van der Waals surface area contributed by atoms with Crippen molar-refractivity contribution in [3.63, 3.8) is 0 Å². The predicted octanol–water partition coefficient (Wildman–Crippen LogP) is 1.07. The van der Waals surface area contributed by atoms with Crippen LogP contribution in [0.15, 0.2) is 17.8 Å². The molecule has 3 heterocycles. The number of nitrogens with two attached hydrogens (primary N) is 1. The smallest absolute Gasteiger partial charge is 0.323 e. The molecule has 2 aliphatic rings. The molecule has 8 nitrogen and oxygen atoms in total. The number of carbonyl (C=O) groups excluding carboxylic acids is 2. The molecule has 0 aliphatic carbocycles. The number of nitrogens with zero attached hydrogens (tertiary/aromatic N) is 3. The third-order valence-electron chi connectivity index (χ3n) is 4.42. The molecule has 1 saturated heterocycles. The number of pyridine rings is 1. The van der Waals surface area contributed by atoms with Crippen LogP contribution in [0.1, 0.15) is 18.1 Å². The quantitative estimate of drug-likeness (QED) is 0.743. The second kappa shape index (κ2) is 8.98. The summed E-state index contributed by atoms with van der Waals surface area (Å²) in [6.45, 7) is 6.91. The minimum atomic E-state index is -0.460. The first-order valence-electron chi connectivity index (χ1n) is 8.36. The molecule has 0 atom stereocenters. The van der Waals surface area contributed by atoms with E-state index in [-0.39, 0.29) is 18.4 Å². The van der Waals surface area contributed by atoms with Crippen molar-refractivity contribution in [2.45, 2.75) is 13.5 Å². The van der Waals surface area contributed by atoms with E-state index in [4.69, 9.17) is 10.5 Å². The number of halogens is 1. The van der Waals surface area contributed by atoms with Gasteiger partial charge in [-0.25, -0.2) is 9.78 Å². The molecule has 0 spiro atoms. The minimum absolute atomic E-state index is 0. The Morgan fingerprint density at radius 1 is 1.38 bits per heavy atom. The zero-order chi connectivity index (χ0) is 17.8. The number of fused-ring (bicyclic) bond motifs is 1. The summed E-state index contributed by atoms with van der Waals surface area (Å²) in [5, 5.41) is 2.82. The number of urea groups is 1. The van der Waals surface area contributed by atoms with E-state index in [0.29, 0.717) is 24.5 Å². The molecule has 3 amide bonds. The molecular formula is C17H24ClN5O3. The standard InChI is InChI=1S/C17H23N5O3.ClH/c1-12(15(18)23)8-13-9-14-11-22(17(24)20-16(14)19-10-13)3-2-21-4-6-25-7-5-21;/h8-10H,2-7,11H2,1H3,(H2,18,23)(H,19,20,24);1H. The molecule has 2 aliphatic heterocycles. The highest BCUT2D eigenvalue weighted by Gasteiger charge is 2.24. The fourth-order valence-corrected chi connectivity index (χ4v) is 2.89. The number of hydrogen-bond donors (Lipinski definition) is 2. The Morgan fingerprint density at radius 2 is 2.12 bits per heavy atom. The van der Waals surface area contributed by atoms with Crippen LogP contribution in [-0.2, 0) is 16.1 Å². The number of primary amides is 1. The molecular weight excluding hydrogens is 358 g/mol. The van der Waals surface area contributed by atoms with Crippen LogP contribution in [-0.4, -0.2) is 66.1 Å². The molecule has 9 heteroatoms. The maximum absolute atomic E-state index is 12.2. The number of hydrogen-bond acceptors (Lipinski definition) is 5. The van der Waals surface area contributed by atoms with E-state index in [1.54, 1.807) is 24.1 Å². The number of anilines is 1. The highest BCUT2D eigenvalue weighted by Crippen LogP contribution is 2.23. The summed E-state index contributed by atoms with van der Waals surface area (Å²) >= 11 is 0. The summed E-state index contributed by atoms with van der Waals surface area (Å²) in [6, 6.07) is 1.79. The molecule has 0 unspecified atom stereocenters. The molecule has 3 rings (SSSR count). The fourth-order valence-electron chi connectivity index (χ4n) is 2.89. The van der Waals surface area contributed by atoms with E-state index < -0.39 is 5.91 Å². The van der Waals surface area contributed by atoms with Crippen LogP contribution in [0.25, 0.3) is 6.08 Å². The number of nitrogens with one attached hydrogen (secondary N) is 1. The zero-order valence-corrected chi connectivity index (χ0v) is 15.6. The monoisotopic (exact) mass is 381 g/mol. The Morgan fingerprint density at radius 3 is 2.81 bits per heavy atom. The first kappa shape index (κ1) is 20.2. The fraction of sp³-hybridized carbons (Fsp3) is 0.471. The molecule has 1 aromatic rings. The lowest BCUT2D eigenvalue weighted by Crippen LogP contribution is -2.45. The highest BCUT2D eigenvalue weighted by molar-refractivity contribution is 5.96. The van der Waals surface area contributed by atoms with Crippen molar-refractivity contribution < 1.29 is 14.3 Å². The van der Waals surface area contributed by atoms with E-state index in [9.17, 15) is 9.59 Å². The van der Waals surface area contributed by atoms with Gasteiger partial charge >= 0.3 is 6.03 Å². The van der Waals surface area contributed by atoms with E-state index in [0.717, 1.165) is 44.0 Å². The first-order chi connectivity index (χ1) is 12.0. The second-order valence-corrected chi connectivity index (χ2v) is 6.27. The van der Waals surface area contributed by atoms with E-state index >= 15 is 0 Å². The van der Waals surface area contributed by atoms with Gasteiger partial charge in [-0.1, -0.05) is 0 Å². The summed E-state index contributed by atoms with van der Waals surface area (Å²) < 4.78 is 5.34.